The van der Waals surface area contributed by atoms with Crippen molar-refractivity contribution in [2.24, 2.45) is 0 Å². The Bertz CT molecular complexity index is 1810. The van der Waals surface area contributed by atoms with Crippen molar-refractivity contribution in [3.05, 3.63) is 132 Å². The SMILES string of the molecule is O=C(Nc1ccc(C#Cc2ccc(NC(=O)[C@@H]3CCCN3C(=O)/C=C/c3ccccc3)cn2)nc1)[C@@H]1CCCN1C(=O)/C=C/c1ccccc1. The minimum absolute atomic E-state index is 0.195. The molecule has 0 aliphatic carbocycles. The van der Waals surface area contributed by atoms with E-state index in [0.29, 0.717) is 48.7 Å². The Labute approximate surface area is 290 Å². The number of benzene rings is 2. The fraction of sp³-hybridized carbons (Fsp3) is 0.200. The predicted molar refractivity (Wildman–Crippen MR) is 192 cm³/mol. The topological polar surface area (TPSA) is 125 Å². The largest absolute Gasteiger partial charge is 0.327 e. The number of carbonyl (C=O) groups is 4. The second kappa shape index (κ2) is 16.2. The molecule has 250 valence electrons. The highest BCUT2D eigenvalue weighted by Crippen LogP contribution is 2.22. The molecule has 0 saturated carbocycles. The lowest BCUT2D eigenvalue weighted by atomic mass is 10.2. The van der Waals surface area contributed by atoms with Crippen LogP contribution in [0.2, 0.25) is 0 Å². The van der Waals surface area contributed by atoms with E-state index in [2.05, 4.69) is 32.4 Å². The van der Waals surface area contributed by atoms with E-state index in [1.165, 1.54) is 24.5 Å². The van der Waals surface area contributed by atoms with Gasteiger partial charge in [0.05, 0.1) is 23.8 Å². The summed E-state index contributed by atoms with van der Waals surface area (Å²) >= 11 is 0. The van der Waals surface area contributed by atoms with Gasteiger partial charge in [-0.2, -0.15) is 0 Å². The lowest BCUT2D eigenvalue weighted by Gasteiger charge is -2.22. The van der Waals surface area contributed by atoms with Crippen molar-refractivity contribution >= 4 is 47.2 Å². The number of likely N-dealkylation sites (tertiary alicyclic amines) is 2. The number of anilines is 2. The van der Waals surface area contributed by atoms with E-state index in [1.54, 1.807) is 46.2 Å². The molecule has 10 heteroatoms. The van der Waals surface area contributed by atoms with Gasteiger partial charge in [-0.15, -0.1) is 0 Å². The maximum Gasteiger partial charge on any atom is 0.247 e. The number of carbonyl (C=O) groups excluding carboxylic acids is 4. The summed E-state index contributed by atoms with van der Waals surface area (Å²) in [5, 5.41) is 5.74. The second-order valence-electron chi connectivity index (χ2n) is 12.0. The smallest absolute Gasteiger partial charge is 0.247 e. The zero-order chi connectivity index (χ0) is 34.7. The number of pyridine rings is 2. The van der Waals surface area contributed by atoms with E-state index in [-0.39, 0.29) is 23.6 Å². The number of nitrogens with one attached hydrogen (secondary N) is 2. The first kappa shape index (κ1) is 33.6. The molecule has 0 bridgehead atoms. The normalized spacial score (nSPS) is 17.0. The summed E-state index contributed by atoms with van der Waals surface area (Å²) in [6.07, 6.45) is 12.3. The molecule has 0 unspecified atom stereocenters. The molecule has 10 nitrogen and oxygen atoms in total. The Morgan fingerprint density at radius 3 is 1.40 bits per heavy atom. The third-order valence-electron chi connectivity index (χ3n) is 8.49. The average molecular weight is 665 g/mol. The lowest BCUT2D eigenvalue weighted by Crippen LogP contribution is -2.42. The molecule has 2 saturated heterocycles. The summed E-state index contributed by atoms with van der Waals surface area (Å²) in [6, 6.07) is 24.8. The molecule has 4 amide bonds. The van der Waals surface area contributed by atoms with Gasteiger partial charge in [-0.05, 0) is 85.1 Å². The van der Waals surface area contributed by atoms with Crippen molar-refractivity contribution in [3.63, 3.8) is 0 Å². The molecule has 4 heterocycles. The van der Waals surface area contributed by atoms with Crippen LogP contribution in [-0.4, -0.2) is 68.6 Å². The predicted octanol–water partition coefficient (Wildman–Crippen LogP) is 5.16. The Morgan fingerprint density at radius 1 is 0.600 bits per heavy atom. The number of nitrogens with zero attached hydrogens (tertiary/aromatic N) is 4. The fourth-order valence-corrected chi connectivity index (χ4v) is 5.92. The Hall–Kier alpha value is -6.34. The van der Waals surface area contributed by atoms with Gasteiger partial charge in [-0.1, -0.05) is 60.7 Å². The Kier molecular flexibility index (Phi) is 10.9. The summed E-state index contributed by atoms with van der Waals surface area (Å²) in [5.41, 5.74) is 3.82. The van der Waals surface area contributed by atoms with Crippen LogP contribution in [0.1, 0.15) is 48.2 Å². The highest BCUT2D eigenvalue weighted by atomic mass is 16.2. The van der Waals surface area contributed by atoms with Gasteiger partial charge in [0.1, 0.15) is 23.5 Å². The van der Waals surface area contributed by atoms with Gasteiger partial charge in [-0.25, -0.2) is 9.97 Å². The van der Waals surface area contributed by atoms with Gasteiger partial charge in [0.25, 0.3) is 0 Å². The van der Waals surface area contributed by atoms with Gasteiger partial charge < -0.3 is 20.4 Å². The van der Waals surface area contributed by atoms with Crippen LogP contribution in [0.5, 0.6) is 0 Å². The first-order valence-electron chi connectivity index (χ1n) is 16.6. The molecule has 0 radical (unpaired) electrons. The van der Waals surface area contributed by atoms with Crippen molar-refractivity contribution < 1.29 is 19.2 Å². The standard InChI is InChI=1S/C40H36N6O4/c47-37(23-15-29-9-3-1-4-10-29)45-25-7-13-35(45)39(49)43-33-21-19-31(41-27-33)17-18-32-20-22-34(28-42-32)44-40(50)36-14-8-26-46(36)38(48)24-16-30-11-5-2-6-12-30/h1-6,9-12,15-16,19-24,27-28,35-36H,7-8,13-14,25-26H2,(H,43,49)(H,44,50)/b23-15+,24-16+/t35-,36-/m0/s1. The first-order chi connectivity index (χ1) is 24.4. The van der Waals surface area contributed by atoms with Gasteiger partial charge in [0.2, 0.25) is 23.6 Å². The number of hydrogen-bond donors (Lipinski definition) is 2. The van der Waals surface area contributed by atoms with Crippen LogP contribution >= 0.6 is 0 Å². The van der Waals surface area contributed by atoms with Crippen LogP contribution in [0, 0.1) is 11.8 Å². The zero-order valence-electron chi connectivity index (χ0n) is 27.4. The van der Waals surface area contributed by atoms with Gasteiger partial charge in [0.15, 0.2) is 0 Å². The summed E-state index contributed by atoms with van der Waals surface area (Å²) < 4.78 is 0. The third-order valence-corrected chi connectivity index (χ3v) is 8.49. The van der Waals surface area contributed by atoms with Crippen LogP contribution in [-0.2, 0) is 19.2 Å². The number of aromatic nitrogens is 2. The van der Waals surface area contributed by atoms with E-state index in [1.807, 2.05) is 60.7 Å². The quantitative estimate of drug-likeness (QED) is 0.198. The number of amides is 4. The summed E-state index contributed by atoms with van der Waals surface area (Å²) in [6.45, 7) is 1.05. The van der Waals surface area contributed by atoms with Crippen LogP contribution in [0.3, 0.4) is 0 Å². The molecule has 50 heavy (non-hydrogen) atoms. The monoisotopic (exact) mass is 664 g/mol. The third kappa shape index (κ3) is 8.76. The molecule has 2 fully saturated rings. The van der Waals surface area contributed by atoms with E-state index in [0.717, 1.165) is 24.0 Å². The molecule has 2 aromatic carbocycles. The molecule has 2 N–H and O–H groups in total. The average Bonchev–Trinajstić information content (AvgIpc) is 3.86. The van der Waals surface area contributed by atoms with Crippen molar-refractivity contribution in [1.82, 2.24) is 19.8 Å². The zero-order valence-corrected chi connectivity index (χ0v) is 27.4. The van der Waals surface area contributed by atoms with Crippen molar-refractivity contribution in [3.8, 4) is 11.8 Å². The highest BCUT2D eigenvalue weighted by Gasteiger charge is 2.34. The molecule has 2 atom stereocenters. The van der Waals surface area contributed by atoms with E-state index >= 15 is 0 Å². The van der Waals surface area contributed by atoms with Crippen LogP contribution < -0.4 is 10.6 Å². The van der Waals surface area contributed by atoms with E-state index in [9.17, 15) is 19.2 Å². The maximum atomic E-state index is 13.1. The summed E-state index contributed by atoms with van der Waals surface area (Å²) in [4.78, 5) is 63.6. The molecule has 0 spiro atoms. The van der Waals surface area contributed by atoms with E-state index in [4.69, 9.17) is 0 Å². The Balaban J connectivity index is 0.993. The molecule has 6 rings (SSSR count). The molecular weight excluding hydrogens is 628 g/mol. The minimum atomic E-state index is -0.553. The lowest BCUT2D eigenvalue weighted by molar-refractivity contribution is -0.132. The minimum Gasteiger partial charge on any atom is -0.327 e. The van der Waals surface area contributed by atoms with Gasteiger partial charge in [0, 0.05) is 25.2 Å². The van der Waals surface area contributed by atoms with Gasteiger partial charge >= 0.3 is 0 Å². The van der Waals surface area contributed by atoms with Crippen molar-refractivity contribution in [2.75, 3.05) is 23.7 Å². The van der Waals surface area contributed by atoms with Crippen molar-refractivity contribution in [1.29, 1.82) is 0 Å². The molecule has 4 aromatic rings. The second-order valence-corrected chi connectivity index (χ2v) is 12.0. The summed E-state index contributed by atoms with van der Waals surface area (Å²) in [5.74, 6) is 5.01. The Morgan fingerprint density at radius 2 is 1.02 bits per heavy atom. The van der Waals surface area contributed by atoms with E-state index < -0.39 is 12.1 Å². The van der Waals surface area contributed by atoms with Crippen LogP contribution in [0.25, 0.3) is 12.2 Å². The van der Waals surface area contributed by atoms with Gasteiger partial charge in [-0.3, -0.25) is 19.2 Å². The molecule has 2 aliphatic heterocycles. The summed E-state index contributed by atoms with van der Waals surface area (Å²) in [7, 11) is 0. The molecule has 2 aliphatic rings. The number of hydrogen-bond acceptors (Lipinski definition) is 6. The first-order valence-corrected chi connectivity index (χ1v) is 16.6. The fourth-order valence-electron chi connectivity index (χ4n) is 5.92. The number of rotatable bonds is 8. The maximum absolute atomic E-state index is 13.1. The van der Waals surface area contributed by atoms with Crippen molar-refractivity contribution in [2.45, 2.75) is 37.8 Å². The highest BCUT2D eigenvalue weighted by molar-refractivity contribution is 6.01. The van der Waals surface area contributed by atoms with Crippen LogP contribution in [0.4, 0.5) is 11.4 Å². The molecule has 2 aromatic heterocycles. The van der Waals surface area contributed by atoms with Crippen LogP contribution in [0.15, 0.2) is 109 Å². The molecular formula is C40H36N6O4.